The van der Waals surface area contributed by atoms with Crippen LogP contribution in [0.25, 0.3) is 0 Å². The Hall–Kier alpha value is -2.27. The van der Waals surface area contributed by atoms with Gasteiger partial charge in [-0.2, -0.15) is 0 Å². The lowest BCUT2D eigenvalue weighted by Gasteiger charge is -2.27. The molecule has 5 heteroatoms. The summed E-state index contributed by atoms with van der Waals surface area (Å²) < 4.78 is 0. The molecule has 1 N–H and O–H groups in total. The second-order valence-corrected chi connectivity index (χ2v) is 6.71. The van der Waals surface area contributed by atoms with Crippen molar-refractivity contribution < 1.29 is 9.59 Å². The molecule has 0 saturated carbocycles. The zero-order chi connectivity index (χ0) is 16.6. The van der Waals surface area contributed by atoms with Gasteiger partial charge < -0.3 is 5.32 Å². The van der Waals surface area contributed by atoms with E-state index in [1.807, 2.05) is 51.1 Å². The van der Waals surface area contributed by atoms with E-state index < -0.39 is 6.03 Å². The van der Waals surface area contributed by atoms with Crippen LogP contribution < -0.4 is 10.2 Å². The van der Waals surface area contributed by atoms with Crippen LogP contribution in [0, 0.1) is 20.8 Å². The summed E-state index contributed by atoms with van der Waals surface area (Å²) in [5, 5.41) is 2.90. The number of imide groups is 1. The number of fused-ring (bicyclic) bond motifs is 1. The molecule has 23 heavy (non-hydrogen) atoms. The first-order chi connectivity index (χ1) is 11.0. The van der Waals surface area contributed by atoms with E-state index in [2.05, 4.69) is 5.32 Å². The molecule has 3 rings (SSSR count). The zero-order valence-electron chi connectivity index (χ0n) is 13.3. The molecule has 2 aromatic carbocycles. The Morgan fingerprint density at radius 2 is 1.78 bits per heavy atom. The average molecular weight is 326 g/mol. The van der Waals surface area contributed by atoms with Gasteiger partial charge in [0.2, 0.25) is 5.91 Å². The Morgan fingerprint density at radius 3 is 2.48 bits per heavy atom. The lowest BCUT2D eigenvalue weighted by molar-refractivity contribution is -0.115. The van der Waals surface area contributed by atoms with Crippen LogP contribution in [-0.2, 0) is 4.79 Å². The number of nitrogens with one attached hydrogen (secondary N) is 1. The monoisotopic (exact) mass is 326 g/mol. The number of thioether (sulfide) groups is 1. The molecule has 0 bridgehead atoms. The molecule has 0 aromatic heterocycles. The minimum absolute atomic E-state index is 0.200. The number of para-hydroxylation sites is 1. The van der Waals surface area contributed by atoms with Crippen molar-refractivity contribution in [3.05, 3.63) is 53.1 Å². The molecule has 3 amide bonds. The Balaban J connectivity index is 1.94. The second-order valence-electron chi connectivity index (χ2n) is 5.69. The summed E-state index contributed by atoms with van der Waals surface area (Å²) in [5.74, 6) is 0.0737. The molecular weight excluding hydrogens is 308 g/mol. The maximum atomic E-state index is 12.7. The molecule has 0 fully saturated rings. The molecule has 4 nitrogen and oxygen atoms in total. The van der Waals surface area contributed by atoms with Gasteiger partial charge in [-0.25, -0.2) is 9.69 Å². The summed E-state index contributed by atoms with van der Waals surface area (Å²) in [4.78, 5) is 27.2. The molecular formula is C18H18N2O2S. The molecule has 0 atom stereocenters. The Kier molecular flexibility index (Phi) is 4.13. The van der Waals surface area contributed by atoms with Crippen LogP contribution in [0.3, 0.4) is 0 Å². The van der Waals surface area contributed by atoms with Crippen molar-refractivity contribution in [3.8, 4) is 0 Å². The minimum Gasteiger partial charge on any atom is -0.307 e. The second kappa shape index (κ2) is 6.08. The van der Waals surface area contributed by atoms with E-state index in [1.165, 1.54) is 16.7 Å². The third kappa shape index (κ3) is 2.97. The predicted octanol–water partition coefficient (Wildman–Crippen LogP) is 4.28. The van der Waals surface area contributed by atoms with Crippen molar-refractivity contribution >= 4 is 35.1 Å². The van der Waals surface area contributed by atoms with Gasteiger partial charge in [-0.05, 0) is 44.0 Å². The topological polar surface area (TPSA) is 49.4 Å². The number of nitrogens with zero attached hydrogens (tertiary/aromatic N) is 1. The van der Waals surface area contributed by atoms with Gasteiger partial charge in [-0.15, -0.1) is 11.8 Å². The van der Waals surface area contributed by atoms with E-state index in [-0.39, 0.29) is 11.7 Å². The third-order valence-electron chi connectivity index (χ3n) is 3.82. The number of urea groups is 1. The summed E-state index contributed by atoms with van der Waals surface area (Å²) in [7, 11) is 0. The molecule has 1 aliphatic rings. The summed E-state index contributed by atoms with van der Waals surface area (Å²) in [6, 6.07) is 11.1. The highest BCUT2D eigenvalue weighted by molar-refractivity contribution is 8.00. The van der Waals surface area contributed by atoms with E-state index in [4.69, 9.17) is 0 Å². The van der Waals surface area contributed by atoms with Crippen LogP contribution in [0.2, 0.25) is 0 Å². The van der Waals surface area contributed by atoms with E-state index in [9.17, 15) is 9.59 Å². The first kappa shape index (κ1) is 15.6. The Labute approximate surface area is 139 Å². The Bertz CT molecular complexity index is 778. The number of benzene rings is 2. The van der Waals surface area contributed by atoms with Gasteiger partial charge >= 0.3 is 6.03 Å². The number of amides is 3. The van der Waals surface area contributed by atoms with Crippen molar-refractivity contribution in [2.24, 2.45) is 0 Å². The van der Waals surface area contributed by atoms with Crippen molar-refractivity contribution in [1.29, 1.82) is 0 Å². The van der Waals surface area contributed by atoms with Crippen LogP contribution in [0.15, 0.2) is 41.3 Å². The molecule has 0 spiro atoms. The van der Waals surface area contributed by atoms with Gasteiger partial charge in [0.1, 0.15) is 0 Å². The first-order valence-corrected chi connectivity index (χ1v) is 8.39. The number of carbonyl (C=O) groups excluding carboxylic acids is 2. The summed E-state index contributed by atoms with van der Waals surface area (Å²) in [6.45, 7) is 5.93. The van der Waals surface area contributed by atoms with Gasteiger partial charge in [-0.3, -0.25) is 4.79 Å². The molecule has 0 aliphatic carbocycles. The lowest BCUT2D eigenvalue weighted by atomic mass is 10.1. The Morgan fingerprint density at radius 1 is 1.13 bits per heavy atom. The largest absolute Gasteiger partial charge is 0.333 e. The van der Waals surface area contributed by atoms with Crippen LogP contribution in [0.5, 0.6) is 0 Å². The van der Waals surface area contributed by atoms with Crippen LogP contribution in [0.1, 0.15) is 16.7 Å². The lowest BCUT2D eigenvalue weighted by Crippen LogP contribution is -2.43. The minimum atomic E-state index is -0.405. The van der Waals surface area contributed by atoms with E-state index in [0.717, 1.165) is 27.3 Å². The highest BCUT2D eigenvalue weighted by Crippen LogP contribution is 2.35. The van der Waals surface area contributed by atoms with Gasteiger partial charge in [0, 0.05) is 10.6 Å². The number of carbonyl (C=O) groups is 2. The van der Waals surface area contributed by atoms with E-state index >= 15 is 0 Å². The number of hydrogen-bond donors (Lipinski definition) is 1. The molecule has 2 aromatic rings. The standard InChI is InChI=1S/C18H18N2O2S/c1-11-8-12(2)17(13(3)9-11)19-18(22)20-14-6-4-5-7-15(14)23-10-16(20)21/h4-9H,10H2,1-3H3,(H,19,22). The fourth-order valence-corrected chi connectivity index (χ4v) is 3.76. The molecule has 1 heterocycles. The van der Waals surface area contributed by atoms with E-state index in [0.29, 0.717) is 5.69 Å². The van der Waals surface area contributed by atoms with Gasteiger partial charge in [0.25, 0.3) is 0 Å². The number of aryl methyl sites for hydroxylation is 3. The maximum Gasteiger partial charge on any atom is 0.333 e. The fraction of sp³-hybridized carbons (Fsp3) is 0.222. The maximum absolute atomic E-state index is 12.7. The first-order valence-electron chi connectivity index (χ1n) is 7.41. The van der Waals surface area contributed by atoms with Crippen molar-refractivity contribution in [2.45, 2.75) is 25.7 Å². The van der Waals surface area contributed by atoms with Crippen LogP contribution in [0.4, 0.5) is 16.2 Å². The summed E-state index contributed by atoms with van der Waals surface area (Å²) in [5.41, 5.74) is 4.54. The molecule has 1 aliphatic heterocycles. The molecule has 0 saturated heterocycles. The highest BCUT2D eigenvalue weighted by Gasteiger charge is 2.30. The SMILES string of the molecule is Cc1cc(C)c(NC(=O)N2C(=O)CSc3ccccc32)c(C)c1. The molecule has 0 radical (unpaired) electrons. The molecule has 118 valence electrons. The number of hydrogen-bond acceptors (Lipinski definition) is 3. The van der Waals surface area contributed by atoms with Gasteiger partial charge in [0.15, 0.2) is 0 Å². The molecule has 0 unspecified atom stereocenters. The third-order valence-corrected chi connectivity index (χ3v) is 4.87. The quantitative estimate of drug-likeness (QED) is 0.851. The highest BCUT2D eigenvalue weighted by atomic mass is 32.2. The van der Waals surface area contributed by atoms with Gasteiger partial charge in [-0.1, -0.05) is 29.8 Å². The number of rotatable bonds is 1. The normalized spacial score (nSPS) is 13.7. The zero-order valence-corrected chi connectivity index (χ0v) is 14.2. The van der Waals surface area contributed by atoms with Crippen molar-refractivity contribution in [2.75, 3.05) is 16.0 Å². The summed E-state index contributed by atoms with van der Waals surface area (Å²) >= 11 is 1.46. The average Bonchev–Trinajstić information content (AvgIpc) is 2.50. The van der Waals surface area contributed by atoms with Gasteiger partial charge in [0.05, 0.1) is 11.4 Å². The number of anilines is 2. The predicted molar refractivity (Wildman–Crippen MR) is 94.3 cm³/mol. The van der Waals surface area contributed by atoms with Crippen molar-refractivity contribution in [1.82, 2.24) is 0 Å². The van der Waals surface area contributed by atoms with Crippen LogP contribution >= 0.6 is 11.8 Å². The fourth-order valence-electron chi connectivity index (χ4n) is 2.87. The van der Waals surface area contributed by atoms with Crippen LogP contribution in [-0.4, -0.2) is 17.7 Å². The van der Waals surface area contributed by atoms with E-state index in [1.54, 1.807) is 6.07 Å². The summed E-state index contributed by atoms with van der Waals surface area (Å²) in [6.07, 6.45) is 0. The van der Waals surface area contributed by atoms with Crippen molar-refractivity contribution in [3.63, 3.8) is 0 Å². The smallest absolute Gasteiger partial charge is 0.307 e.